The van der Waals surface area contributed by atoms with Gasteiger partial charge in [0.2, 0.25) is 0 Å². The predicted octanol–water partition coefficient (Wildman–Crippen LogP) is 2.26. The Morgan fingerprint density at radius 2 is 1.82 bits per heavy atom. The minimum absolute atomic E-state index is 0.232. The smallest absolute Gasteiger partial charge is 0.145 e. The monoisotopic (exact) mass is 231 g/mol. The van der Waals surface area contributed by atoms with E-state index in [1.807, 2.05) is 35.1 Å². The number of aromatic nitrogens is 2. The lowest BCUT2D eigenvalue weighted by atomic mass is 9.94. The largest absolute Gasteiger partial charge is 0.497 e. The SMILES string of the molecule is COc1ccc(C(C)(C)n2ccc(N)n2)cc1. The lowest BCUT2D eigenvalue weighted by molar-refractivity contribution is 0.389. The van der Waals surface area contributed by atoms with Gasteiger partial charge in [-0.25, -0.2) is 0 Å². The van der Waals surface area contributed by atoms with Crippen LogP contribution in [-0.4, -0.2) is 16.9 Å². The number of methoxy groups -OCH3 is 1. The molecule has 0 fully saturated rings. The molecule has 0 saturated carbocycles. The lowest BCUT2D eigenvalue weighted by Gasteiger charge is -2.26. The molecule has 90 valence electrons. The highest BCUT2D eigenvalue weighted by Crippen LogP contribution is 2.26. The van der Waals surface area contributed by atoms with Crippen molar-refractivity contribution in [2.45, 2.75) is 19.4 Å². The van der Waals surface area contributed by atoms with Gasteiger partial charge in [0.15, 0.2) is 0 Å². The second-order valence-electron chi connectivity index (χ2n) is 4.47. The van der Waals surface area contributed by atoms with Crippen LogP contribution in [0.5, 0.6) is 5.75 Å². The summed E-state index contributed by atoms with van der Waals surface area (Å²) in [5, 5.41) is 4.26. The van der Waals surface area contributed by atoms with Gasteiger partial charge < -0.3 is 10.5 Å². The van der Waals surface area contributed by atoms with E-state index in [9.17, 15) is 0 Å². The van der Waals surface area contributed by atoms with E-state index in [1.54, 1.807) is 13.2 Å². The average molecular weight is 231 g/mol. The fourth-order valence-electron chi connectivity index (χ4n) is 1.78. The Bertz CT molecular complexity index is 500. The van der Waals surface area contributed by atoms with Gasteiger partial charge >= 0.3 is 0 Å². The quantitative estimate of drug-likeness (QED) is 0.881. The number of hydrogen-bond acceptors (Lipinski definition) is 3. The molecule has 0 aliphatic rings. The number of anilines is 1. The number of nitrogen functional groups attached to an aromatic ring is 1. The molecule has 2 rings (SSSR count). The summed E-state index contributed by atoms with van der Waals surface area (Å²) in [5.41, 5.74) is 6.57. The second kappa shape index (κ2) is 4.13. The summed E-state index contributed by atoms with van der Waals surface area (Å²) in [6.07, 6.45) is 1.89. The first kappa shape index (κ1) is 11.5. The summed E-state index contributed by atoms with van der Waals surface area (Å²) < 4.78 is 7.01. The molecule has 0 atom stereocenters. The van der Waals surface area contributed by atoms with Gasteiger partial charge in [-0.15, -0.1) is 0 Å². The second-order valence-corrected chi connectivity index (χ2v) is 4.47. The molecule has 0 unspecified atom stereocenters. The maximum atomic E-state index is 5.65. The highest BCUT2D eigenvalue weighted by Gasteiger charge is 2.23. The third-order valence-corrected chi connectivity index (χ3v) is 2.98. The van der Waals surface area contributed by atoms with Crippen LogP contribution in [0, 0.1) is 0 Å². The van der Waals surface area contributed by atoms with Gasteiger partial charge in [-0.3, -0.25) is 4.68 Å². The lowest BCUT2D eigenvalue weighted by Crippen LogP contribution is -2.28. The van der Waals surface area contributed by atoms with Crippen molar-refractivity contribution in [3.63, 3.8) is 0 Å². The van der Waals surface area contributed by atoms with Crippen molar-refractivity contribution in [3.8, 4) is 5.75 Å². The predicted molar refractivity (Wildman–Crippen MR) is 68.1 cm³/mol. The van der Waals surface area contributed by atoms with Crippen molar-refractivity contribution in [1.29, 1.82) is 0 Å². The van der Waals surface area contributed by atoms with Gasteiger partial charge in [0.1, 0.15) is 11.6 Å². The molecule has 0 aliphatic carbocycles. The molecule has 0 spiro atoms. The molecule has 4 heteroatoms. The van der Waals surface area contributed by atoms with Crippen molar-refractivity contribution in [1.82, 2.24) is 9.78 Å². The van der Waals surface area contributed by atoms with Crippen LogP contribution in [0.15, 0.2) is 36.5 Å². The summed E-state index contributed by atoms with van der Waals surface area (Å²) in [5.74, 6) is 1.39. The third-order valence-electron chi connectivity index (χ3n) is 2.98. The van der Waals surface area contributed by atoms with Crippen LogP contribution >= 0.6 is 0 Å². The molecule has 0 amide bonds. The fourth-order valence-corrected chi connectivity index (χ4v) is 1.78. The highest BCUT2D eigenvalue weighted by atomic mass is 16.5. The Morgan fingerprint density at radius 3 is 2.29 bits per heavy atom. The first-order chi connectivity index (χ1) is 8.04. The summed E-state index contributed by atoms with van der Waals surface area (Å²) in [6, 6.07) is 9.77. The van der Waals surface area contributed by atoms with Crippen LogP contribution in [0.4, 0.5) is 5.82 Å². The molecule has 4 nitrogen and oxygen atoms in total. The molecule has 2 N–H and O–H groups in total. The van der Waals surface area contributed by atoms with E-state index in [0.29, 0.717) is 5.82 Å². The molecule has 2 aromatic rings. The number of nitrogens with zero attached hydrogens (tertiary/aromatic N) is 2. The van der Waals surface area contributed by atoms with E-state index in [4.69, 9.17) is 10.5 Å². The van der Waals surface area contributed by atoms with E-state index < -0.39 is 0 Å². The first-order valence-electron chi connectivity index (χ1n) is 5.50. The van der Waals surface area contributed by atoms with E-state index >= 15 is 0 Å². The van der Waals surface area contributed by atoms with Crippen LogP contribution in [0.3, 0.4) is 0 Å². The van der Waals surface area contributed by atoms with Crippen LogP contribution in [0.25, 0.3) is 0 Å². The van der Waals surface area contributed by atoms with Crippen molar-refractivity contribution in [3.05, 3.63) is 42.1 Å². The number of rotatable bonds is 3. The molecule has 0 aliphatic heterocycles. The fraction of sp³-hybridized carbons (Fsp3) is 0.308. The molecule has 1 heterocycles. The van der Waals surface area contributed by atoms with Crippen molar-refractivity contribution >= 4 is 5.82 Å². The summed E-state index contributed by atoms with van der Waals surface area (Å²) in [7, 11) is 1.66. The molecule has 1 aromatic carbocycles. The maximum Gasteiger partial charge on any atom is 0.145 e. The molecular formula is C13H17N3O. The first-order valence-corrected chi connectivity index (χ1v) is 5.50. The number of ether oxygens (including phenoxy) is 1. The van der Waals surface area contributed by atoms with E-state index in [0.717, 1.165) is 11.3 Å². The molecule has 0 radical (unpaired) electrons. The van der Waals surface area contributed by atoms with E-state index in [-0.39, 0.29) is 5.54 Å². The third kappa shape index (κ3) is 2.11. The maximum absolute atomic E-state index is 5.65. The molecule has 1 aromatic heterocycles. The summed E-state index contributed by atoms with van der Waals surface area (Å²) in [4.78, 5) is 0. The van der Waals surface area contributed by atoms with Gasteiger partial charge in [0.05, 0.1) is 12.6 Å². The Kier molecular flexibility index (Phi) is 2.79. The zero-order valence-corrected chi connectivity index (χ0v) is 10.3. The zero-order chi connectivity index (χ0) is 12.5. The number of nitrogens with two attached hydrogens (primary N) is 1. The molecule has 0 bridgehead atoms. The van der Waals surface area contributed by atoms with Gasteiger partial charge in [0, 0.05) is 6.20 Å². The van der Waals surface area contributed by atoms with E-state index in [1.165, 1.54) is 0 Å². The van der Waals surface area contributed by atoms with Crippen LogP contribution in [0.2, 0.25) is 0 Å². The number of hydrogen-bond donors (Lipinski definition) is 1. The summed E-state index contributed by atoms with van der Waals surface area (Å²) >= 11 is 0. The van der Waals surface area contributed by atoms with Gasteiger partial charge in [-0.1, -0.05) is 12.1 Å². The van der Waals surface area contributed by atoms with Gasteiger partial charge in [-0.05, 0) is 37.6 Å². The summed E-state index contributed by atoms with van der Waals surface area (Å²) in [6.45, 7) is 4.20. The standard InChI is InChI=1S/C13H17N3O/c1-13(2,16-9-8-12(14)15-16)10-4-6-11(17-3)7-5-10/h4-9H,1-3H3,(H2,14,15). The van der Waals surface area contributed by atoms with Crippen LogP contribution in [-0.2, 0) is 5.54 Å². The molecular weight excluding hydrogens is 214 g/mol. The Hall–Kier alpha value is -1.97. The molecule has 17 heavy (non-hydrogen) atoms. The Morgan fingerprint density at radius 1 is 1.18 bits per heavy atom. The minimum atomic E-state index is -0.232. The topological polar surface area (TPSA) is 53.1 Å². The Labute approximate surface area is 101 Å². The Balaban J connectivity index is 2.36. The normalized spacial score (nSPS) is 11.5. The van der Waals surface area contributed by atoms with Gasteiger partial charge in [-0.2, -0.15) is 5.10 Å². The van der Waals surface area contributed by atoms with Crippen LogP contribution < -0.4 is 10.5 Å². The average Bonchev–Trinajstić information content (AvgIpc) is 2.77. The van der Waals surface area contributed by atoms with Crippen molar-refractivity contribution < 1.29 is 4.74 Å². The van der Waals surface area contributed by atoms with Crippen molar-refractivity contribution in [2.24, 2.45) is 0 Å². The number of benzene rings is 1. The van der Waals surface area contributed by atoms with Crippen molar-refractivity contribution in [2.75, 3.05) is 12.8 Å². The molecule has 0 saturated heterocycles. The zero-order valence-electron chi connectivity index (χ0n) is 10.3. The van der Waals surface area contributed by atoms with E-state index in [2.05, 4.69) is 18.9 Å². The minimum Gasteiger partial charge on any atom is -0.497 e. The van der Waals surface area contributed by atoms with Gasteiger partial charge in [0.25, 0.3) is 0 Å². The van der Waals surface area contributed by atoms with Crippen LogP contribution in [0.1, 0.15) is 19.4 Å². The highest BCUT2D eigenvalue weighted by molar-refractivity contribution is 5.33.